The minimum atomic E-state index is -0.299. The number of ether oxygens (including phenoxy) is 3. The van der Waals surface area contributed by atoms with E-state index in [0.29, 0.717) is 18.0 Å². The Balaban J connectivity index is 2.60. The van der Waals surface area contributed by atoms with E-state index >= 15 is 0 Å². The summed E-state index contributed by atoms with van der Waals surface area (Å²) >= 11 is 0. The molecule has 1 rings (SSSR count). The van der Waals surface area contributed by atoms with Crippen molar-refractivity contribution in [3.05, 3.63) is 23.8 Å². The zero-order valence-electron chi connectivity index (χ0n) is 10.1. The largest absolute Gasteiger partial charge is 0.497 e. The molecule has 0 aliphatic carbocycles. The molecule has 0 bridgehead atoms. The molecule has 0 saturated carbocycles. The monoisotopic (exact) mass is 239 g/mol. The highest BCUT2D eigenvalue weighted by molar-refractivity contribution is 5.69. The lowest BCUT2D eigenvalue weighted by atomic mass is 10.2. The van der Waals surface area contributed by atoms with Crippen molar-refractivity contribution in [3.8, 4) is 11.5 Å². The molecule has 2 N–H and O–H groups in total. The Bertz CT molecular complexity index is 357. The molecule has 0 heterocycles. The van der Waals surface area contributed by atoms with Crippen LogP contribution in [0.25, 0.3) is 0 Å². The van der Waals surface area contributed by atoms with E-state index in [1.54, 1.807) is 13.2 Å². The summed E-state index contributed by atoms with van der Waals surface area (Å²) in [5, 5.41) is 0. The molecule has 5 nitrogen and oxygen atoms in total. The van der Waals surface area contributed by atoms with Gasteiger partial charge >= 0.3 is 5.97 Å². The van der Waals surface area contributed by atoms with Crippen LogP contribution in [0.2, 0.25) is 0 Å². The molecule has 17 heavy (non-hydrogen) atoms. The fourth-order valence-electron chi connectivity index (χ4n) is 1.30. The zero-order chi connectivity index (χ0) is 12.7. The van der Waals surface area contributed by atoms with E-state index in [-0.39, 0.29) is 19.0 Å². The third kappa shape index (κ3) is 4.32. The van der Waals surface area contributed by atoms with Crippen LogP contribution >= 0.6 is 0 Å². The van der Waals surface area contributed by atoms with Crippen LogP contribution in [0.1, 0.15) is 12.0 Å². The predicted molar refractivity (Wildman–Crippen MR) is 63.0 cm³/mol. The second-order valence-corrected chi connectivity index (χ2v) is 3.40. The van der Waals surface area contributed by atoms with E-state index < -0.39 is 0 Å². The van der Waals surface area contributed by atoms with Crippen molar-refractivity contribution in [1.29, 1.82) is 0 Å². The highest BCUT2D eigenvalue weighted by Crippen LogP contribution is 2.22. The maximum Gasteiger partial charge on any atom is 0.308 e. The summed E-state index contributed by atoms with van der Waals surface area (Å²) in [6, 6.07) is 5.41. The van der Waals surface area contributed by atoms with Crippen molar-refractivity contribution in [1.82, 2.24) is 0 Å². The second kappa shape index (κ2) is 6.75. The topological polar surface area (TPSA) is 70.8 Å². The molecule has 0 aliphatic heterocycles. The third-order valence-electron chi connectivity index (χ3n) is 2.21. The van der Waals surface area contributed by atoms with Gasteiger partial charge < -0.3 is 19.9 Å². The van der Waals surface area contributed by atoms with Crippen LogP contribution in [0.5, 0.6) is 11.5 Å². The summed E-state index contributed by atoms with van der Waals surface area (Å²) in [4.78, 5) is 10.9. The average Bonchev–Trinajstić information content (AvgIpc) is 2.37. The van der Waals surface area contributed by atoms with Crippen LogP contribution < -0.4 is 15.2 Å². The van der Waals surface area contributed by atoms with E-state index in [2.05, 4.69) is 4.74 Å². The number of rotatable bonds is 6. The second-order valence-electron chi connectivity index (χ2n) is 3.40. The first kappa shape index (κ1) is 13.3. The number of methoxy groups -OCH3 is 2. The third-order valence-corrected chi connectivity index (χ3v) is 2.21. The molecule has 1 aromatic rings. The summed E-state index contributed by atoms with van der Waals surface area (Å²) in [5.74, 6) is 1.02. The van der Waals surface area contributed by atoms with Gasteiger partial charge in [-0.1, -0.05) is 0 Å². The molecule has 0 atom stereocenters. The first-order valence-electron chi connectivity index (χ1n) is 5.27. The van der Waals surface area contributed by atoms with E-state index in [0.717, 1.165) is 5.56 Å². The minimum Gasteiger partial charge on any atom is -0.497 e. The van der Waals surface area contributed by atoms with Crippen LogP contribution in [0, 0.1) is 0 Å². The Kier molecular flexibility index (Phi) is 5.29. The number of carbonyl (C=O) groups is 1. The van der Waals surface area contributed by atoms with Crippen molar-refractivity contribution in [2.45, 2.75) is 13.0 Å². The summed E-state index contributed by atoms with van der Waals surface area (Å²) in [6.07, 6.45) is 0.214. The number of nitrogens with two attached hydrogens (primary N) is 1. The minimum absolute atomic E-state index is 0.214. The van der Waals surface area contributed by atoms with E-state index in [1.807, 2.05) is 12.1 Å². The number of esters is 1. The van der Waals surface area contributed by atoms with Crippen molar-refractivity contribution in [2.24, 2.45) is 5.73 Å². The maximum atomic E-state index is 10.9. The maximum absolute atomic E-state index is 10.9. The highest BCUT2D eigenvalue weighted by Gasteiger charge is 2.04. The molecule has 0 radical (unpaired) electrons. The van der Waals surface area contributed by atoms with Gasteiger partial charge in [0.1, 0.15) is 11.5 Å². The summed E-state index contributed by atoms with van der Waals surface area (Å²) < 4.78 is 15.1. The molecular formula is C12H17NO4. The van der Waals surface area contributed by atoms with Gasteiger partial charge in [0, 0.05) is 12.6 Å². The molecular weight excluding hydrogens is 222 g/mol. The van der Waals surface area contributed by atoms with Crippen LogP contribution in [0.15, 0.2) is 18.2 Å². The molecule has 0 aromatic heterocycles. The van der Waals surface area contributed by atoms with E-state index in [4.69, 9.17) is 15.2 Å². The average molecular weight is 239 g/mol. The number of benzene rings is 1. The molecule has 0 spiro atoms. The summed E-state index contributed by atoms with van der Waals surface area (Å²) in [5.41, 5.74) is 6.47. The fraction of sp³-hybridized carbons (Fsp3) is 0.417. The number of hydrogen-bond donors (Lipinski definition) is 1. The van der Waals surface area contributed by atoms with Crippen LogP contribution in [-0.4, -0.2) is 26.8 Å². The normalized spacial score (nSPS) is 9.82. The highest BCUT2D eigenvalue weighted by atomic mass is 16.5. The van der Waals surface area contributed by atoms with Crippen molar-refractivity contribution in [2.75, 3.05) is 20.8 Å². The standard InChI is InChI=1S/C12H17NO4/c1-15-10-5-9(8-13)6-11(7-10)17-4-3-12(14)16-2/h5-7H,3-4,8,13H2,1-2H3. The van der Waals surface area contributed by atoms with Crippen molar-refractivity contribution < 1.29 is 19.0 Å². The van der Waals surface area contributed by atoms with Crippen molar-refractivity contribution in [3.63, 3.8) is 0 Å². The molecule has 0 fully saturated rings. The predicted octanol–water partition coefficient (Wildman–Crippen LogP) is 1.10. The summed E-state index contributed by atoms with van der Waals surface area (Å²) in [6.45, 7) is 0.675. The van der Waals surface area contributed by atoms with Gasteiger partial charge in [0.2, 0.25) is 0 Å². The number of carbonyl (C=O) groups excluding carboxylic acids is 1. The van der Waals surface area contributed by atoms with Crippen LogP contribution in [0.3, 0.4) is 0 Å². The van der Waals surface area contributed by atoms with Gasteiger partial charge in [-0.05, 0) is 17.7 Å². The lowest BCUT2D eigenvalue weighted by Gasteiger charge is -2.09. The lowest BCUT2D eigenvalue weighted by molar-refractivity contribution is -0.141. The zero-order valence-corrected chi connectivity index (χ0v) is 10.1. The lowest BCUT2D eigenvalue weighted by Crippen LogP contribution is -2.08. The van der Waals surface area contributed by atoms with Gasteiger partial charge in [-0.2, -0.15) is 0 Å². The fourth-order valence-corrected chi connectivity index (χ4v) is 1.30. The molecule has 94 valence electrons. The Hall–Kier alpha value is -1.75. The van der Waals surface area contributed by atoms with Gasteiger partial charge in [0.15, 0.2) is 0 Å². The van der Waals surface area contributed by atoms with Gasteiger partial charge in [-0.25, -0.2) is 0 Å². The van der Waals surface area contributed by atoms with Crippen LogP contribution in [0.4, 0.5) is 0 Å². The van der Waals surface area contributed by atoms with Crippen molar-refractivity contribution >= 4 is 5.97 Å². The van der Waals surface area contributed by atoms with Gasteiger partial charge in [0.05, 0.1) is 27.2 Å². The first-order chi connectivity index (χ1) is 8.19. The molecule has 5 heteroatoms. The van der Waals surface area contributed by atoms with Crippen LogP contribution in [-0.2, 0) is 16.1 Å². The first-order valence-corrected chi connectivity index (χ1v) is 5.27. The molecule has 0 aliphatic rings. The summed E-state index contributed by atoms with van der Waals surface area (Å²) in [7, 11) is 2.92. The van der Waals surface area contributed by atoms with E-state index in [9.17, 15) is 4.79 Å². The molecule has 1 aromatic carbocycles. The Morgan fingerprint density at radius 1 is 1.24 bits per heavy atom. The molecule has 0 saturated heterocycles. The SMILES string of the molecule is COC(=O)CCOc1cc(CN)cc(OC)c1. The smallest absolute Gasteiger partial charge is 0.308 e. The van der Waals surface area contributed by atoms with Gasteiger partial charge in [-0.15, -0.1) is 0 Å². The van der Waals surface area contributed by atoms with Gasteiger partial charge in [0.25, 0.3) is 0 Å². The Morgan fingerprint density at radius 2 is 1.94 bits per heavy atom. The molecule has 0 unspecified atom stereocenters. The van der Waals surface area contributed by atoms with Gasteiger partial charge in [-0.3, -0.25) is 4.79 Å². The quantitative estimate of drug-likeness (QED) is 0.752. The Morgan fingerprint density at radius 3 is 2.53 bits per heavy atom. The Labute approximate surface area is 100 Å². The number of hydrogen-bond acceptors (Lipinski definition) is 5. The van der Waals surface area contributed by atoms with E-state index in [1.165, 1.54) is 7.11 Å². The molecule has 0 amide bonds.